The van der Waals surface area contributed by atoms with Crippen LogP contribution in [0.4, 0.5) is 34.1 Å². The van der Waals surface area contributed by atoms with E-state index in [0.717, 1.165) is 50.8 Å². The fourth-order valence-electron chi connectivity index (χ4n) is 7.76. The standard InChI is InChI=1S/C56H50N4Si2/c1-61(2,3)55-33-29-53(30-34-55)59(50-23-12-43(39-57)13-24-50)49-21-10-41(11-22-49)7-8-42-9-16-48-38-47(18-17-46(48)37-42)45-19-27-52(28-20-45)60(51-25-14-44(40-58)15-26-51)54-31-35-56(36-32-54)62(4,5)6/h7-38H,1-6H3/b8-7+. The Labute approximate surface area is 368 Å². The van der Waals surface area contributed by atoms with Crippen LogP contribution in [0.1, 0.15) is 22.3 Å². The highest BCUT2D eigenvalue weighted by Gasteiger charge is 2.20. The van der Waals surface area contributed by atoms with Crippen molar-refractivity contribution >= 4 is 83.6 Å². The lowest BCUT2D eigenvalue weighted by molar-refractivity contribution is 1.28. The van der Waals surface area contributed by atoms with E-state index in [-0.39, 0.29) is 0 Å². The molecule has 0 aliphatic rings. The van der Waals surface area contributed by atoms with Crippen LogP contribution in [0.15, 0.2) is 182 Å². The number of nitriles is 2. The van der Waals surface area contributed by atoms with Crippen LogP contribution in [-0.4, -0.2) is 16.1 Å². The van der Waals surface area contributed by atoms with Crippen LogP contribution in [0.25, 0.3) is 34.1 Å². The minimum absolute atomic E-state index is 0.645. The summed E-state index contributed by atoms with van der Waals surface area (Å²) in [5, 5.41) is 24.1. The van der Waals surface area contributed by atoms with Gasteiger partial charge in [-0.25, -0.2) is 0 Å². The fraction of sp³-hybridized carbons (Fsp3) is 0.107. The van der Waals surface area contributed by atoms with Crippen LogP contribution in [0, 0.1) is 22.7 Å². The minimum Gasteiger partial charge on any atom is -0.311 e. The summed E-state index contributed by atoms with van der Waals surface area (Å²) in [4.78, 5) is 4.50. The Balaban J connectivity index is 1.00. The zero-order valence-corrected chi connectivity index (χ0v) is 38.3. The van der Waals surface area contributed by atoms with Gasteiger partial charge in [-0.2, -0.15) is 10.5 Å². The fourth-order valence-corrected chi connectivity index (χ4v) is 10.1. The summed E-state index contributed by atoms with van der Waals surface area (Å²) in [5.74, 6) is 0. The van der Waals surface area contributed by atoms with Gasteiger partial charge in [0, 0.05) is 34.1 Å². The van der Waals surface area contributed by atoms with E-state index in [1.54, 1.807) is 0 Å². The third-order valence-corrected chi connectivity index (χ3v) is 15.6. The molecule has 0 radical (unpaired) electrons. The quantitative estimate of drug-likeness (QED) is 0.0962. The largest absolute Gasteiger partial charge is 0.311 e. The molecule has 0 atom stereocenters. The lowest BCUT2D eigenvalue weighted by Crippen LogP contribution is -2.37. The van der Waals surface area contributed by atoms with E-state index >= 15 is 0 Å². The Bertz CT molecular complexity index is 2940. The van der Waals surface area contributed by atoms with Gasteiger partial charge in [0.15, 0.2) is 0 Å². The lowest BCUT2D eigenvalue weighted by Gasteiger charge is -2.27. The summed E-state index contributed by atoms with van der Waals surface area (Å²) in [6.07, 6.45) is 4.34. The van der Waals surface area contributed by atoms with Gasteiger partial charge < -0.3 is 9.80 Å². The monoisotopic (exact) mass is 834 g/mol. The first-order valence-electron chi connectivity index (χ1n) is 21.1. The molecule has 0 saturated carbocycles. The molecule has 8 aromatic carbocycles. The van der Waals surface area contributed by atoms with E-state index in [9.17, 15) is 10.5 Å². The maximum absolute atomic E-state index is 9.43. The second-order valence-electron chi connectivity index (χ2n) is 17.9. The Morgan fingerprint density at radius 1 is 0.355 bits per heavy atom. The molecule has 62 heavy (non-hydrogen) atoms. The highest BCUT2D eigenvalue weighted by Crippen LogP contribution is 2.37. The van der Waals surface area contributed by atoms with Crippen LogP contribution in [0.5, 0.6) is 0 Å². The SMILES string of the molecule is C[Si](C)(C)c1ccc(N(c2ccc(C#N)cc2)c2ccc(/C=C/c3ccc4cc(-c5ccc(N(c6ccc(C#N)cc6)c6ccc([Si](C)(C)C)cc6)cc5)ccc4c3)cc2)cc1. The van der Waals surface area contributed by atoms with Gasteiger partial charge >= 0.3 is 0 Å². The van der Waals surface area contributed by atoms with E-state index in [4.69, 9.17) is 0 Å². The molecule has 0 heterocycles. The van der Waals surface area contributed by atoms with Gasteiger partial charge in [0.25, 0.3) is 0 Å². The van der Waals surface area contributed by atoms with Crippen molar-refractivity contribution in [3.8, 4) is 23.3 Å². The van der Waals surface area contributed by atoms with Gasteiger partial charge in [0.1, 0.15) is 0 Å². The molecule has 8 aromatic rings. The molecule has 0 amide bonds. The number of hydrogen-bond donors (Lipinski definition) is 0. The smallest absolute Gasteiger partial charge is 0.0991 e. The molecule has 6 heteroatoms. The Morgan fingerprint density at radius 3 is 1.10 bits per heavy atom. The first kappa shape index (κ1) is 41.5. The van der Waals surface area contributed by atoms with E-state index < -0.39 is 16.1 Å². The number of benzene rings is 8. The predicted octanol–water partition coefficient (Wildman–Crippen LogP) is 14.5. The normalized spacial score (nSPS) is 11.6. The van der Waals surface area contributed by atoms with E-state index in [1.807, 2.05) is 48.5 Å². The van der Waals surface area contributed by atoms with Gasteiger partial charge in [-0.15, -0.1) is 0 Å². The van der Waals surface area contributed by atoms with Gasteiger partial charge in [0.2, 0.25) is 0 Å². The third-order valence-electron chi connectivity index (χ3n) is 11.4. The maximum atomic E-state index is 9.43. The number of hydrogen-bond acceptors (Lipinski definition) is 4. The van der Waals surface area contributed by atoms with E-state index in [2.05, 4.69) is 207 Å². The molecule has 0 saturated heterocycles. The summed E-state index contributed by atoms with van der Waals surface area (Å²) in [6, 6.07) is 68.7. The molecule has 0 aromatic heterocycles. The molecule has 0 fully saturated rings. The van der Waals surface area contributed by atoms with Gasteiger partial charge in [0.05, 0.1) is 39.4 Å². The molecule has 0 bridgehead atoms. The molecule has 0 unspecified atom stereocenters. The van der Waals surface area contributed by atoms with Crippen molar-refractivity contribution in [3.05, 3.63) is 204 Å². The van der Waals surface area contributed by atoms with Gasteiger partial charge in [-0.05, 0) is 142 Å². The minimum atomic E-state index is -1.44. The summed E-state index contributed by atoms with van der Waals surface area (Å²) >= 11 is 0. The predicted molar refractivity (Wildman–Crippen MR) is 270 cm³/mol. The number of anilines is 6. The topological polar surface area (TPSA) is 54.1 Å². The molecule has 0 aliphatic carbocycles. The zero-order valence-electron chi connectivity index (χ0n) is 36.3. The van der Waals surface area contributed by atoms with Crippen LogP contribution in [0.2, 0.25) is 39.3 Å². The average molecular weight is 835 g/mol. The van der Waals surface area contributed by atoms with Crippen LogP contribution in [-0.2, 0) is 0 Å². The van der Waals surface area contributed by atoms with Crippen molar-refractivity contribution in [2.75, 3.05) is 9.80 Å². The third kappa shape index (κ3) is 9.23. The average Bonchev–Trinajstić information content (AvgIpc) is 3.29. The second-order valence-corrected chi connectivity index (χ2v) is 28.0. The molecular formula is C56H50N4Si2. The highest BCUT2D eigenvalue weighted by atomic mass is 28.3. The van der Waals surface area contributed by atoms with Gasteiger partial charge in [-0.1, -0.05) is 135 Å². The lowest BCUT2D eigenvalue weighted by atomic mass is 9.99. The van der Waals surface area contributed by atoms with Crippen molar-refractivity contribution in [3.63, 3.8) is 0 Å². The first-order chi connectivity index (χ1) is 29.9. The summed E-state index contributed by atoms with van der Waals surface area (Å²) < 4.78 is 0. The Kier molecular flexibility index (Phi) is 11.6. The van der Waals surface area contributed by atoms with Crippen molar-refractivity contribution in [1.82, 2.24) is 0 Å². The Hall–Kier alpha value is -7.23. The summed E-state index contributed by atoms with van der Waals surface area (Å²) in [6.45, 7) is 14.2. The van der Waals surface area contributed by atoms with E-state index in [0.29, 0.717) is 11.1 Å². The molecule has 302 valence electrons. The van der Waals surface area contributed by atoms with Crippen molar-refractivity contribution < 1.29 is 0 Å². The zero-order chi connectivity index (χ0) is 43.4. The van der Waals surface area contributed by atoms with Crippen molar-refractivity contribution in [2.45, 2.75) is 39.3 Å². The van der Waals surface area contributed by atoms with Crippen LogP contribution in [0.3, 0.4) is 0 Å². The van der Waals surface area contributed by atoms with Gasteiger partial charge in [-0.3, -0.25) is 0 Å². The Morgan fingerprint density at radius 2 is 0.677 bits per heavy atom. The van der Waals surface area contributed by atoms with Crippen LogP contribution < -0.4 is 20.2 Å². The second kappa shape index (κ2) is 17.4. The van der Waals surface area contributed by atoms with Crippen molar-refractivity contribution in [1.29, 1.82) is 10.5 Å². The number of nitrogens with zero attached hydrogens (tertiary/aromatic N) is 4. The highest BCUT2D eigenvalue weighted by molar-refractivity contribution is 6.89. The molecule has 0 aliphatic heterocycles. The molecule has 0 spiro atoms. The molecule has 4 nitrogen and oxygen atoms in total. The first-order valence-corrected chi connectivity index (χ1v) is 28.1. The summed E-state index contributed by atoms with van der Waals surface area (Å²) in [5.41, 5.74) is 12.2. The number of rotatable bonds is 11. The van der Waals surface area contributed by atoms with Crippen LogP contribution >= 0.6 is 0 Å². The number of fused-ring (bicyclic) bond motifs is 1. The van der Waals surface area contributed by atoms with E-state index in [1.165, 1.54) is 26.7 Å². The van der Waals surface area contributed by atoms with Crippen molar-refractivity contribution in [2.24, 2.45) is 0 Å². The molecule has 0 N–H and O–H groups in total. The maximum Gasteiger partial charge on any atom is 0.0991 e. The summed E-state index contributed by atoms with van der Waals surface area (Å²) in [7, 11) is -2.88. The molecular weight excluding hydrogens is 785 g/mol. The molecule has 8 rings (SSSR count).